The molecule has 2 rings (SSSR count). The molecule has 2 aromatic rings. The van der Waals surface area contributed by atoms with Gasteiger partial charge in [-0.3, -0.25) is 15.1 Å². The third-order valence-electron chi connectivity index (χ3n) is 3.27. The molecule has 0 saturated carbocycles. The summed E-state index contributed by atoms with van der Waals surface area (Å²) in [5.74, 6) is 0.260. The van der Waals surface area contributed by atoms with Gasteiger partial charge < -0.3 is 14.6 Å². The summed E-state index contributed by atoms with van der Waals surface area (Å²) in [6.07, 6.45) is 4.60. The van der Waals surface area contributed by atoms with E-state index < -0.39 is 12.2 Å². The van der Waals surface area contributed by atoms with Crippen LogP contribution < -0.4 is 14.8 Å². The zero-order valence-electron chi connectivity index (χ0n) is 13.4. The molecule has 1 aromatic carbocycles. The van der Waals surface area contributed by atoms with Crippen LogP contribution in [-0.4, -0.2) is 29.7 Å². The van der Waals surface area contributed by atoms with Gasteiger partial charge in [-0.15, -0.1) is 6.58 Å². The van der Waals surface area contributed by atoms with Crippen LogP contribution in [0.5, 0.6) is 11.5 Å². The van der Waals surface area contributed by atoms with Crippen molar-refractivity contribution in [2.45, 2.75) is 12.6 Å². The predicted octanol–water partition coefficient (Wildman–Crippen LogP) is 2.00. The molecule has 6 heteroatoms. The molecule has 0 amide bonds. The molecule has 0 aliphatic heterocycles. The van der Waals surface area contributed by atoms with E-state index in [-0.39, 0.29) is 6.54 Å². The van der Waals surface area contributed by atoms with Crippen molar-refractivity contribution < 1.29 is 19.4 Å². The Morgan fingerprint density at radius 3 is 2.92 bits per heavy atom. The van der Waals surface area contributed by atoms with Gasteiger partial charge >= 0.3 is 5.97 Å². The van der Waals surface area contributed by atoms with Crippen molar-refractivity contribution in [3.05, 3.63) is 66.5 Å². The second kappa shape index (κ2) is 8.81. The number of pyridine rings is 1. The van der Waals surface area contributed by atoms with Crippen LogP contribution in [0, 0.1) is 0 Å². The molecule has 1 heterocycles. The van der Waals surface area contributed by atoms with Gasteiger partial charge in [0.25, 0.3) is 0 Å². The van der Waals surface area contributed by atoms with Crippen LogP contribution in [-0.2, 0) is 11.2 Å². The van der Waals surface area contributed by atoms with Crippen LogP contribution in [0.3, 0.4) is 0 Å². The topological polar surface area (TPSA) is 80.7 Å². The van der Waals surface area contributed by atoms with E-state index >= 15 is 0 Å². The molecule has 1 unspecified atom stereocenters. The van der Waals surface area contributed by atoms with E-state index in [1.807, 2.05) is 6.07 Å². The third-order valence-corrected chi connectivity index (χ3v) is 3.27. The largest absolute Gasteiger partial charge is 0.493 e. The van der Waals surface area contributed by atoms with Gasteiger partial charge in [0.05, 0.1) is 13.7 Å². The Morgan fingerprint density at radius 2 is 2.25 bits per heavy atom. The average Bonchev–Trinajstić information content (AvgIpc) is 2.62. The highest BCUT2D eigenvalue weighted by molar-refractivity contribution is 5.75. The summed E-state index contributed by atoms with van der Waals surface area (Å²) in [5.41, 5.74) is 1.57. The molecule has 0 bridgehead atoms. The summed E-state index contributed by atoms with van der Waals surface area (Å²) in [7, 11) is 1.51. The normalized spacial score (nSPS) is 11.6. The van der Waals surface area contributed by atoms with Crippen LogP contribution in [0.1, 0.15) is 17.4 Å². The summed E-state index contributed by atoms with van der Waals surface area (Å²) in [5, 5.41) is 12.6. The fraction of sp³-hybridized carbons (Fsp3) is 0.222. The van der Waals surface area contributed by atoms with Crippen molar-refractivity contribution in [1.82, 2.24) is 10.3 Å². The first-order chi connectivity index (χ1) is 11.6. The number of hydrogen-bond acceptors (Lipinski definition) is 6. The monoisotopic (exact) mass is 328 g/mol. The lowest BCUT2D eigenvalue weighted by Crippen LogP contribution is -2.30. The lowest BCUT2D eigenvalue weighted by molar-refractivity contribution is -0.134. The number of rotatable bonds is 8. The number of benzene rings is 1. The first-order valence-electron chi connectivity index (χ1n) is 7.44. The number of esters is 1. The molecular weight excluding hydrogens is 308 g/mol. The fourth-order valence-electron chi connectivity index (χ4n) is 2.08. The molecule has 24 heavy (non-hydrogen) atoms. The standard InChI is InChI=1S/C18H20N2O4/c1-3-5-13-7-8-15(16(10-13)23-2)24-17(21)12-20-18(22)14-6-4-9-19-11-14/h3-4,6-11,18,20,22H,1,5,12H2,2H3. The van der Waals surface area contributed by atoms with Crippen LogP contribution >= 0.6 is 0 Å². The maximum Gasteiger partial charge on any atom is 0.325 e. The van der Waals surface area contributed by atoms with Gasteiger partial charge in [-0.25, -0.2) is 0 Å². The van der Waals surface area contributed by atoms with Crippen LogP contribution in [0.25, 0.3) is 0 Å². The highest BCUT2D eigenvalue weighted by atomic mass is 16.6. The Hall–Kier alpha value is -2.70. The average molecular weight is 328 g/mol. The summed E-state index contributed by atoms with van der Waals surface area (Å²) in [4.78, 5) is 15.9. The second-order valence-corrected chi connectivity index (χ2v) is 5.02. The number of methoxy groups -OCH3 is 1. The van der Waals surface area contributed by atoms with Gasteiger partial charge in [0.15, 0.2) is 11.5 Å². The molecule has 1 atom stereocenters. The highest BCUT2D eigenvalue weighted by Crippen LogP contribution is 2.28. The SMILES string of the molecule is C=CCc1ccc(OC(=O)CNC(O)c2cccnc2)c(OC)c1. The Labute approximate surface area is 140 Å². The summed E-state index contributed by atoms with van der Waals surface area (Å²) < 4.78 is 10.5. The van der Waals surface area contributed by atoms with E-state index in [0.717, 1.165) is 5.56 Å². The van der Waals surface area contributed by atoms with E-state index in [9.17, 15) is 9.90 Å². The number of aliphatic hydroxyl groups excluding tert-OH is 1. The Morgan fingerprint density at radius 1 is 1.42 bits per heavy atom. The molecule has 126 valence electrons. The first kappa shape index (κ1) is 17.7. The van der Waals surface area contributed by atoms with Crippen LogP contribution in [0.2, 0.25) is 0 Å². The van der Waals surface area contributed by atoms with Gasteiger partial charge in [0.1, 0.15) is 6.23 Å². The molecule has 0 aliphatic rings. The molecular formula is C18H20N2O4. The van der Waals surface area contributed by atoms with Crippen molar-refractivity contribution in [2.75, 3.05) is 13.7 Å². The van der Waals surface area contributed by atoms with E-state index in [1.54, 1.807) is 36.5 Å². The fourth-order valence-corrected chi connectivity index (χ4v) is 2.08. The molecule has 0 spiro atoms. The Kier molecular flexibility index (Phi) is 6.48. The highest BCUT2D eigenvalue weighted by Gasteiger charge is 2.13. The summed E-state index contributed by atoms with van der Waals surface area (Å²) >= 11 is 0. The lowest BCUT2D eigenvalue weighted by Gasteiger charge is -2.13. The van der Waals surface area contributed by atoms with Crippen LogP contribution in [0.15, 0.2) is 55.4 Å². The van der Waals surface area contributed by atoms with Crippen molar-refractivity contribution >= 4 is 5.97 Å². The minimum absolute atomic E-state index is 0.159. The first-order valence-corrected chi connectivity index (χ1v) is 7.44. The van der Waals surface area contributed by atoms with E-state index in [4.69, 9.17) is 9.47 Å². The molecule has 0 radical (unpaired) electrons. The van der Waals surface area contributed by atoms with Crippen molar-refractivity contribution in [2.24, 2.45) is 0 Å². The summed E-state index contributed by atoms with van der Waals surface area (Å²) in [6, 6.07) is 8.71. The van der Waals surface area contributed by atoms with Crippen LogP contribution in [0.4, 0.5) is 0 Å². The Bertz CT molecular complexity index is 689. The van der Waals surface area contributed by atoms with Gasteiger partial charge in [0.2, 0.25) is 0 Å². The van der Waals surface area contributed by atoms with Gasteiger partial charge in [-0.1, -0.05) is 18.2 Å². The quantitative estimate of drug-likeness (QED) is 0.334. The lowest BCUT2D eigenvalue weighted by atomic mass is 10.1. The number of hydrogen-bond donors (Lipinski definition) is 2. The molecule has 0 fully saturated rings. The van der Waals surface area contributed by atoms with Gasteiger partial charge in [-0.05, 0) is 30.2 Å². The van der Waals surface area contributed by atoms with E-state index in [2.05, 4.69) is 16.9 Å². The zero-order chi connectivity index (χ0) is 17.4. The van der Waals surface area contributed by atoms with Gasteiger partial charge in [0, 0.05) is 18.0 Å². The number of carbonyl (C=O) groups is 1. The number of aromatic nitrogens is 1. The van der Waals surface area contributed by atoms with Crippen molar-refractivity contribution in [1.29, 1.82) is 0 Å². The molecule has 1 aromatic heterocycles. The number of ether oxygens (including phenoxy) is 2. The number of aliphatic hydroxyl groups is 1. The maximum absolute atomic E-state index is 11.9. The molecule has 0 saturated heterocycles. The smallest absolute Gasteiger partial charge is 0.325 e. The van der Waals surface area contributed by atoms with E-state index in [1.165, 1.54) is 13.3 Å². The van der Waals surface area contributed by atoms with E-state index in [0.29, 0.717) is 23.5 Å². The van der Waals surface area contributed by atoms with Crippen molar-refractivity contribution in [3.63, 3.8) is 0 Å². The van der Waals surface area contributed by atoms with Gasteiger partial charge in [-0.2, -0.15) is 0 Å². The zero-order valence-corrected chi connectivity index (χ0v) is 13.4. The number of carbonyl (C=O) groups excluding carboxylic acids is 1. The third kappa shape index (κ3) is 4.91. The minimum Gasteiger partial charge on any atom is -0.493 e. The summed E-state index contributed by atoms with van der Waals surface area (Å²) in [6.45, 7) is 3.53. The molecule has 6 nitrogen and oxygen atoms in total. The molecule has 2 N–H and O–H groups in total. The number of allylic oxidation sites excluding steroid dienone is 1. The Balaban J connectivity index is 1.93. The number of nitrogens with zero attached hydrogens (tertiary/aromatic N) is 1. The number of nitrogens with one attached hydrogen (secondary N) is 1. The van der Waals surface area contributed by atoms with Crippen molar-refractivity contribution in [3.8, 4) is 11.5 Å². The maximum atomic E-state index is 11.9. The second-order valence-electron chi connectivity index (χ2n) is 5.02. The minimum atomic E-state index is -0.997. The predicted molar refractivity (Wildman–Crippen MR) is 89.7 cm³/mol. The molecule has 0 aliphatic carbocycles.